The molecule has 1 atom stereocenters. The minimum Gasteiger partial charge on any atom is -0.264 e. The van der Waals surface area contributed by atoms with Gasteiger partial charge in [0, 0.05) is 23.7 Å². The Morgan fingerprint density at radius 1 is 1.33 bits per heavy atom. The Morgan fingerprint density at radius 3 is 2.39 bits per heavy atom. The predicted molar refractivity (Wildman–Crippen MR) is 68.6 cm³/mol. The van der Waals surface area contributed by atoms with E-state index in [1.807, 2.05) is 6.92 Å². The molecular formula is C12H15NO4S. The molecule has 18 heavy (non-hydrogen) atoms. The van der Waals surface area contributed by atoms with Gasteiger partial charge in [-0.1, -0.05) is 23.8 Å². The Balaban J connectivity index is 2.79. The minimum absolute atomic E-state index is 0.0953. The molecule has 0 aliphatic rings. The van der Waals surface area contributed by atoms with E-state index in [9.17, 15) is 18.5 Å². The average molecular weight is 269 g/mol. The quantitative estimate of drug-likeness (QED) is 0.607. The topological polar surface area (TPSA) is 77.3 Å². The molecule has 0 bridgehead atoms. The molecule has 1 aromatic rings. The van der Waals surface area contributed by atoms with Gasteiger partial charge >= 0.3 is 0 Å². The molecule has 6 heteroatoms. The Kier molecular flexibility index (Phi) is 4.61. The summed E-state index contributed by atoms with van der Waals surface area (Å²) in [5.41, 5.74) is 0.972. The maximum atomic E-state index is 11.8. The van der Waals surface area contributed by atoms with Crippen molar-refractivity contribution in [3.05, 3.63) is 51.4 Å². The Morgan fingerprint density at radius 2 is 1.89 bits per heavy atom. The lowest BCUT2D eigenvalue weighted by molar-refractivity contribution is -0.517. The molecule has 0 heterocycles. The van der Waals surface area contributed by atoms with Crippen molar-refractivity contribution in [3.8, 4) is 0 Å². The third kappa shape index (κ3) is 3.96. The van der Waals surface area contributed by atoms with E-state index in [-0.39, 0.29) is 11.3 Å². The average Bonchev–Trinajstić information content (AvgIpc) is 2.29. The summed E-state index contributed by atoms with van der Waals surface area (Å²) >= 11 is 0. The fraction of sp³-hybridized carbons (Fsp3) is 0.333. The van der Waals surface area contributed by atoms with Crippen molar-refractivity contribution in [3.63, 3.8) is 0 Å². The van der Waals surface area contributed by atoms with Crippen LogP contribution in [0.4, 0.5) is 0 Å². The van der Waals surface area contributed by atoms with Gasteiger partial charge in [-0.15, -0.1) is 0 Å². The highest BCUT2D eigenvalue weighted by Crippen LogP contribution is 2.13. The van der Waals surface area contributed by atoms with Crippen LogP contribution >= 0.6 is 0 Å². The Hall–Kier alpha value is -1.69. The fourth-order valence-electron chi connectivity index (χ4n) is 1.27. The highest BCUT2D eigenvalue weighted by molar-refractivity contribution is 7.94. The van der Waals surface area contributed by atoms with Crippen molar-refractivity contribution in [2.45, 2.75) is 31.2 Å². The summed E-state index contributed by atoms with van der Waals surface area (Å²) in [4.78, 5) is 10.1. The van der Waals surface area contributed by atoms with Crippen molar-refractivity contribution in [2.75, 3.05) is 0 Å². The number of aryl methyl sites for hydroxylation is 1. The summed E-state index contributed by atoms with van der Waals surface area (Å²) in [6.07, 6.45) is 1.42. The zero-order chi connectivity index (χ0) is 13.8. The molecule has 5 nitrogen and oxygen atoms in total. The van der Waals surface area contributed by atoms with Crippen LogP contribution < -0.4 is 0 Å². The van der Waals surface area contributed by atoms with E-state index < -0.39 is 20.8 Å². The molecular weight excluding hydrogens is 254 g/mol. The third-order valence-corrected chi connectivity index (χ3v) is 3.94. The van der Waals surface area contributed by atoms with Crippen molar-refractivity contribution in [2.24, 2.45) is 0 Å². The summed E-state index contributed by atoms with van der Waals surface area (Å²) in [5.74, 6) is 0. The lowest BCUT2D eigenvalue weighted by atomic mass is 10.2. The number of sulfone groups is 1. The molecule has 0 fully saturated rings. The number of nitro groups is 1. The van der Waals surface area contributed by atoms with Crippen LogP contribution in [-0.2, 0) is 9.84 Å². The first-order valence-corrected chi connectivity index (χ1v) is 6.99. The Labute approximate surface area is 106 Å². The van der Waals surface area contributed by atoms with Gasteiger partial charge in [-0.25, -0.2) is 8.42 Å². The monoisotopic (exact) mass is 269 g/mol. The first kappa shape index (κ1) is 14.4. The zero-order valence-corrected chi connectivity index (χ0v) is 11.1. The van der Waals surface area contributed by atoms with Crippen molar-refractivity contribution < 1.29 is 13.3 Å². The Bertz CT molecular complexity index is 546. The molecule has 1 rings (SSSR count). The number of hydrogen-bond donors (Lipinski definition) is 0. The molecule has 0 saturated heterocycles. The molecule has 0 radical (unpaired) electrons. The maximum Gasteiger partial charge on any atom is 0.213 e. The lowest BCUT2D eigenvalue weighted by Gasteiger charge is -2.00. The van der Waals surface area contributed by atoms with Crippen LogP contribution in [0.25, 0.3) is 0 Å². The van der Waals surface area contributed by atoms with E-state index in [4.69, 9.17) is 0 Å². The van der Waals surface area contributed by atoms with Gasteiger partial charge in [-0.2, -0.15) is 0 Å². The van der Waals surface area contributed by atoms with E-state index in [1.54, 1.807) is 12.1 Å². The molecule has 0 N–H and O–H groups in total. The molecule has 1 unspecified atom stereocenters. The van der Waals surface area contributed by atoms with Gasteiger partial charge in [0.2, 0.25) is 6.04 Å². The lowest BCUT2D eigenvalue weighted by Crippen LogP contribution is -2.13. The van der Waals surface area contributed by atoms with Gasteiger partial charge in [-0.3, -0.25) is 10.1 Å². The molecule has 0 aliphatic carbocycles. The van der Waals surface area contributed by atoms with E-state index >= 15 is 0 Å². The normalized spacial score (nSPS) is 13.7. The smallest absolute Gasteiger partial charge is 0.213 e. The van der Waals surface area contributed by atoms with Crippen molar-refractivity contribution in [1.29, 1.82) is 0 Å². The van der Waals surface area contributed by atoms with Crippen molar-refractivity contribution >= 4 is 9.84 Å². The second-order valence-electron chi connectivity index (χ2n) is 4.10. The van der Waals surface area contributed by atoms with Gasteiger partial charge in [0.1, 0.15) is 0 Å². The van der Waals surface area contributed by atoms with Crippen LogP contribution in [0, 0.1) is 17.0 Å². The van der Waals surface area contributed by atoms with Crippen LogP contribution in [-0.4, -0.2) is 19.4 Å². The highest BCUT2D eigenvalue weighted by atomic mass is 32.2. The molecule has 1 aromatic carbocycles. The first-order valence-electron chi connectivity index (χ1n) is 5.45. The second kappa shape index (κ2) is 5.77. The largest absolute Gasteiger partial charge is 0.264 e. The van der Waals surface area contributed by atoms with Crippen LogP contribution in [0.5, 0.6) is 0 Å². The van der Waals surface area contributed by atoms with E-state index in [2.05, 4.69) is 0 Å². The van der Waals surface area contributed by atoms with E-state index in [1.165, 1.54) is 25.1 Å². The number of hydrogen-bond acceptors (Lipinski definition) is 4. The van der Waals surface area contributed by atoms with Crippen LogP contribution in [0.2, 0.25) is 0 Å². The highest BCUT2D eigenvalue weighted by Gasteiger charge is 2.12. The zero-order valence-electron chi connectivity index (χ0n) is 10.2. The molecule has 0 saturated carbocycles. The maximum absolute atomic E-state index is 11.8. The predicted octanol–water partition coefficient (Wildman–Crippen LogP) is 2.34. The van der Waals surface area contributed by atoms with Gasteiger partial charge in [-0.05, 0) is 19.1 Å². The van der Waals surface area contributed by atoms with Crippen LogP contribution in [0.15, 0.2) is 40.6 Å². The molecule has 0 aliphatic heterocycles. The van der Waals surface area contributed by atoms with Gasteiger partial charge in [0.25, 0.3) is 0 Å². The molecule has 0 amide bonds. The van der Waals surface area contributed by atoms with E-state index in [0.717, 1.165) is 11.0 Å². The minimum atomic E-state index is -3.50. The number of nitrogens with zero attached hydrogens (tertiary/aromatic N) is 1. The molecule has 98 valence electrons. The summed E-state index contributed by atoms with van der Waals surface area (Å²) in [7, 11) is -3.50. The molecule has 0 spiro atoms. The standard InChI is InChI=1S/C12H15NO4S/c1-10-5-7-12(8-6-10)18(16,17)9-3-4-11(2)13(14)15/h3,5-9,11H,4H2,1-2H3/b9-3+. The van der Waals surface area contributed by atoms with Crippen LogP contribution in [0.1, 0.15) is 18.9 Å². The molecule has 0 aromatic heterocycles. The summed E-state index contributed by atoms with van der Waals surface area (Å²) in [6, 6.07) is 5.67. The third-order valence-electron chi connectivity index (χ3n) is 2.46. The van der Waals surface area contributed by atoms with Crippen LogP contribution in [0.3, 0.4) is 0 Å². The van der Waals surface area contributed by atoms with Gasteiger partial charge in [0.05, 0.1) is 4.90 Å². The summed E-state index contributed by atoms with van der Waals surface area (Å²) in [5, 5.41) is 11.4. The van der Waals surface area contributed by atoms with Gasteiger partial charge in [0.15, 0.2) is 9.84 Å². The van der Waals surface area contributed by atoms with Gasteiger partial charge < -0.3 is 0 Å². The summed E-state index contributed by atoms with van der Waals surface area (Å²) < 4.78 is 23.7. The van der Waals surface area contributed by atoms with E-state index in [0.29, 0.717) is 0 Å². The second-order valence-corrected chi connectivity index (χ2v) is 5.93. The van der Waals surface area contributed by atoms with Crippen molar-refractivity contribution in [1.82, 2.24) is 0 Å². The number of benzene rings is 1. The first-order chi connectivity index (χ1) is 8.33. The fourth-order valence-corrected chi connectivity index (χ4v) is 2.31. The summed E-state index contributed by atoms with van der Waals surface area (Å²) in [6.45, 7) is 3.30. The SMILES string of the molecule is Cc1ccc(S(=O)(=O)/C=C/CC(C)[N+](=O)[O-])cc1. The number of rotatable bonds is 5.